The van der Waals surface area contributed by atoms with Gasteiger partial charge in [0.15, 0.2) is 0 Å². The third-order valence-corrected chi connectivity index (χ3v) is 5.43. The lowest BCUT2D eigenvalue weighted by molar-refractivity contribution is -0.192. The lowest BCUT2D eigenvalue weighted by Crippen LogP contribution is -2.61. The normalized spacial score (nSPS) is 25.0. The van der Waals surface area contributed by atoms with Crippen molar-refractivity contribution >= 4 is 11.8 Å². The van der Waals surface area contributed by atoms with Crippen LogP contribution in [-0.4, -0.2) is 70.9 Å². The van der Waals surface area contributed by atoms with E-state index in [1.165, 1.54) is 38.8 Å². The molecule has 27 heavy (non-hydrogen) atoms. The first-order valence-corrected chi connectivity index (χ1v) is 8.90. The van der Waals surface area contributed by atoms with Crippen molar-refractivity contribution in [3.63, 3.8) is 0 Å². The van der Waals surface area contributed by atoms with E-state index < -0.39 is 12.1 Å². The molecule has 0 amide bonds. The molecule has 1 spiro atoms. The van der Waals surface area contributed by atoms with Gasteiger partial charge in [-0.3, -0.25) is 4.90 Å². The van der Waals surface area contributed by atoms with Gasteiger partial charge in [0.25, 0.3) is 0 Å². The summed E-state index contributed by atoms with van der Waals surface area (Å²) in [6.45, 7) is 4.82. The molecular weight excluding hydrogens is 365 g/mol. The third-order valence-electron chi connectivity index (χ3n) is 5.43. The molecule has 2 aliphatic heterocycles. The van der Waals surface area contributed by atoms with Crippen molar-refractivity contribution < 1.29 is 27.8 Å². The van der Waals surface area contributed by atoms with Gasteiger partial charge in [0.2, 0.25) is 5.88 Å². The molecule has 4 rings (SSSR count). The van der Waals surface area contributed by atoms with Gasteiger partial charge in [0.1, 0.15) is 12.1 Å². The molecule has 0 aromatic carbocycles. The van der Waals surface area contributed by atoms with Crippen LogP contribution in [0.5, 0.6) is 5.88 Å². The number of nitrogens with zero attached hydrogens (tertiary/aromatic N) is 4. The smallest absolute Gasteiger partial charge is 0.481 e. The number of rotatable bonds is 4. The summed E-state index contributed by atoms with van der Waals surface area (Å²) in [5, 5.41) is 7.12. The van der Waals surface area contributed by atoms with Gasteiger partial charge >= 0.3 is 12.1 Å². The standard InChI is InChI=1S/C15H22N4O.C2HF3O2/c1-20-14-8-13(16-11-17-14)18-6-4-15(10-18)5-7-19(15)9-12-2-3-12;3-2(4,5)1(6)7/h8,11-12H,2-7,9-10H2,1H3;(H,6,7). The molecule has 0 radical (unpaired) electrons. The first kappa shape index (κ1) is 19.7. The van der Waals surface area contributed by atoms with Crippen molar-refractivity contribution in [1.29, 1.82) is 0 Å². The Bertz CT molecular complexity index is 684. The van der Waals surface area contributed by atoms with Gasteiger partial charge in [-0.1, -0.05) is 0 Å². The van der Waals surface area contributed by atoms with E-state index >= 15 is 0 Å². The van der Waals surface area contributed by atoms with Crippen LogP contribution in [0.15, 0.2) is 12.4 Å². The van der Waals surface area contributed by atoms with Gasteiger partial charge in [-0.05, 0) is 31.6 Å². The molecule has 0 bridgehead atoms. The maximum atomic E-state index is 10.6. The van der Waals surface area contributed by atoms with E-state index in [9.17, 15) is 13.2 Å². The number of aromatic nitrogens is 2. The maximum Gasteiger partial charge on any atom is 0.490 e. The number of methoxy groups -OCH3 is 1. The molecule has 3 fully saturated rings. The average molecular weight is 388 g/mol. The van der Waals surface area contributed by atoms with Crippen LogP contribution in [0.2, 0.25) is 0 Å². The summed E-state index contributed by atoms with van der Waals surface area (Å²) in [6, 6.07) is 1.95. The predicted molar refractivity (Wildman–Crippen MR) is 90.7 cm³/mol. The SMILES string of the molecule is COc1cc(N2CCC3(CCN3CC3CC3)C2)ncn1.O=C(O)C(F)(F)F. The van der Waals surface area contributed by atoms with Crippen LogP contribution in [-0.2, 0) is 4.79 Å². The second-order valence-corrected chi connectivity index (χ2v) is 7.26. The zero-order chi connectivity index (χ0) is 19.7. The summed E-state index contributed by atoms with van der Waals surface area (Å²) in [5.41, 5.74) is 0.431. The number of aliphatic carboxylic acids is 1. The van der Waals surface area contributed by atoms with Crippen molar-refractivity contribution in [2.45, 2.75) is 37.4 Å². The van der Waals surface area contributed by atoms with Crippen LogP contribution in [0.25, 0.3) is 0 Å². The summed E-state index contributed by atoms with van der Waals surface area (Å²) in [5.74, 6) is -0.112. The first-order valence-electron chi connectivity index (χ1n) is 8.90. The molecule has 7 nitrogen and oxygen atoms in total. The van der Waals surface area contributed by atoms with Crippen LogP contribution in [0.3, 0.4) is 0 Å². The minimum atomic E-state index is -5.08. The highest BCUT2D eigenvalue weighted by Crippen LogP contribution is 2.43. The Morgan fingerprint density at radius 1 is 1.33 bits per heavy atom. The number of carboxylic acids is 1. The predicted octanol–water partition coefficient (Wildman–Crippen LogP) is 2.18. The van der Waals surface area contributed by atoms with Gasteiger partial charge in [-0.2, -0.15) is 13.2 Å². The van der Waals surface area contributed by atoms with Crippen LogP contribution < -0.4 is 9.64 Å². The van der Waals surface area contributed by atoms with Crippen LogP contribution >= 0.6 is 0 Å². The van der Waals surface area contributed by atoms with E-state index in [1.807, 2.05) is 6.07 Å². The minimum Gasteiger partial charge on any atom is -0.481 e. The molecule has 10 heteroatoms. The first-order chi connectivity index (χ1) is 12.7. The van der Waals surface area contributed by atoms with Gasteiger partial charge < -0.3 is 14.7 Å². The fourth-order valence-electron chi connectivity index (χ4n) is 3.61. The van der Waals surface area contributed by atoms with Crippen LogP contribution in [0.4, 0.5) is 19.0 Å². The molecule has 1 N–H and O–H groups in total. The van der Waals surface area contributed by atoms with E-state index in [-0.39, 0.29) is 0 Å². The van der Waals surface area contributed by atoms with Crippen molar-refractivity contribution in [1.82, 2.24) is 14.9 Å². The number of carbonyl (C=O) groups is 1. The van der Waals surface area contributed by atoms with E-state index in [0.29, 0.717) is 11.4 Å². The Morgan fingerprint density at radius 2 is 2.00 bits per heavy atom. The number of halogens is 3. The Hall–Kier alpha value is -2.10. The number of likely N-dealkylation sites (tertiary alicyclic amines) is 1. The zero-order valence-electron chi connectivity index (χ0n) is 15.1. The van der Waals surface area contributed by atoms with Gasteiger partial charge in [-0.15, -0.1) is 0 Å². The molecule has 2 saturated heterocycles. The summed E-state index contributed by atoms with van der Waals surface area (Å²) in [6.07, 6.45) is 2.02. The molecule has 1 aromatic rings. The monoisotopic (exact) mass is 388 g/mol. The number of carboxylic acid groups (broad SMARTS) is 1. The minimum absolute atomic E-state index is 0.431. The highest BCUT2D eigenvalue weighted by molar-refractivity contribution is 5.73. The van der Waals surface area contributed by atoms with Gasteiger partial charge in [-0.25, -0.2) is 14.8 Å². The highest BCUT2D eigenvalue weighted by Gasteiger charge is 2.50. The number of ether oxygens (including phenoxy) is 1. The van der Waals surface area contributed by atoms with Gasteiger partial charge in [0, 0.05) is 37.8 Å². The molecule has 3 heterocycles. The topological polar surface area (TPSA) is 78.8 Å². The maximum absolute atomic E-state index is 10.6. The Labute approximate surface area is 155 Å². The average Bonchev–Trinajstić information content (AvgIpc) is 3.33. The van der Waals surface area contributed by atoms with E-state index in [4.69, 9.17) is 14.6 Å². The zero-order valence-corrected chi connectivity index (χ0v) is 15.1. The highest BCUT2D eigenvalue weighted by atomic mass is 19.4. The van der Waals surface area contributed by atoms with Crippen molar-refractivity contribution in [2.24, 2.45) is 5.92 Å². The molecular formula is C17H23F3N4O3. The molecule has 1 saturated carbocycles. The van der Waals surface area contributed by atoms with E-state index in [0.717, 1.165) is 24.8 Å². The summed E-state index contributed by atoms with van der Waals surface area (Å²) < 4.78 is 36.9. The second kappa shape index (κ2) is 7.49. The van der Waals surface area contributed by atoms with Crippen molar-refractivity contribution in [3.05, 3.63) is 12.4 Å². The largest absolute Gasteiger partial charge is 0.490 e. The Balaban J connectivity index is 0.000000260. The molecule has 1 atom stereocenters. The Morgan fingerprint density at radius 3 is 2.52 bits per heavy atom. The Kier molecular flexibility index (Phi) is 5.45. The second-order valence-electron chi connectivity index (χ2n) is 7.26. The fourth-order valence-corrected chi connectivity index (χ4v) is 3.61. The number of alkyl halides is 3. The molecule has 1 aliphatic carbocycles. The number of hydrogen-bond donors (Lipinski definition) is 1. The lowest BCUT2D eigenvalue weighted by Gasteiger charge is -2.51. The van der Waals surface area contributed by atoms with Crippen molar-refractivity contribution in [3.8, 4) is 5.88 Å². The molecule has 1 aromatic heterocycles. The summed E-state index contributed by atoms with van der Waals surface area (Å²) in [4.78, 5) is 22.5. The summed E-state index contributed by atoms with van der Waals surface area (Å²) >= 11 is 0. The van der Waals surface area contributed by atoms with E-state index in [2.05, 4.69) is 19.8 Å². The summed E-state index contributed by atoms with van der Waals surface area (Å²) in [7, 11) is 1.65. The van der Waals surface area contributed by atoms with Crippen LogP contribution in [0.1, 0.15) is 25.7 Å². The van der Waals surface area contributed by atoms with E-state index in [1.54, 1.807) is 13.4 Å². The fraction of sp³-hybridized carbons (Fsp3) is 0.706. The lowest BCUT2D eigenvalue weighted by atomic mass is 9.83. The molecule has 150 valence electrons. The molecule has 1 unspecified atom stereocenters. The van der Waals surface area contributed by atoms with Gasteiger partial charge in [0.05, 0.1) is 7.11 Å². The third kappa shape index (κ3) is 4.60. The van der Waals surface area contributed by atoms with Crippen molar-refractivity contribution in [2.75, 3.05) is 38.2 Å². The number of anilines is 1. The number of hydrogen-bond acceptors (Lipinski definition) is 6. The van der Waals surface area contributed by atoms with Crippen LogP contribution in [0, 0.1) is 5.92 Å². The molecule has 3 aliphatic rings. The quantitative estimate of drug-likeness (QED) is 0.847.